The van der Waals surface area contributed by atoms with Gasteiger partial charge >= 0.3 is 0 Å². The van der Waals surface area contributed by atoms with Crippen LogP contribution in [0.2, 0.25) is 0 Å². The normalized spacial score (nSPS) is 10.5. The molecule has 1 rings (SSSR count). The molecule has 0 bridgehead atoms. The van der Waals surface area contributed by atoms with E-state index in [1.165, 1.54) is 0 Å². The van der Waals surface area contributed by atoms with Gasteiger partial charge in [0.1, 0.15) is 11.5 Å². The zero-order chi connectivity index (χ0) is 15.5. The Hall–Kier alpha value is -1.75. The van der Waals surface area contributed by atoms with Gasteiger partial charge in [-0.1, -0.05) is 0 Å². The Balaban J connectivity index is 2.14. The van der Waals surface area contributed by atoms with Crippen LogP contribution in [0.15, 0.2) is 24.3 Å². The summed E-state index contributed by atoms with van der Waals surface area (Å²) in [6.07, 6.45) is 1.02. The monoisotopic (exact) mass is 295 g/mol. The number of carbonyl (C=O) groups excluding carboxylic acids is 1. The fourth-order valence-electron chi connectivity index (χ4n) is 1.62. The Morgan fingerprint density at radius 1 is 1.14 bits per heavy atom. The van der Waals surface area contributed by atoms with E-state index < -0.39 is 0 Å². The van der Waals surface area contributed by atoms with E-state index in [1.807, 2.05) is 32.9 Å². The molecule has 0 aromatic heterocycles. The van der Waals surface area contributed by atoms with Crippen molar-refractivity contribution in [1.82, 2.24) is 5.32 Å². The standard InChI is InChI=1S/C16H25NO4/c1-4-19-14-6-8-15(9-7-14)21-12-16(18)17-10-5-11-20-13(2)3/h6-9,13H,4-5,10-12H2,1-3H3,(H,17,18). The maximum Gasteiger partial charge on any atom is 0.257 e. The van der Waals surface area contributed by atoms with E-state index in [2.05, 4.69) is 5.32 Å². The molecule has 21 heavy (non-hydrogen) atoms. The van der Waals surface area contributed by atoms with Crippen molar-refractivity contribution >= 4 is 5.91 Å². The minimum absolute atomic E-state index is 0.0129. The molecule has 1 aromatic rings. The van der Waals surface area contributed by atoms with Crippen molar-refractivity contribution in [1.29, 1.82) is 0 Å². The van der Waals surface area contributed by atoms with Crippen molar-refractivity contribution in [2.45, 2.75) is 33.3 Å². The van der Waals surface area contributed by atoms with E-state index in [-0.39, 0.29) is 18.6 Å². The third-order valence-corrected chi connectivity index (χ3v) is 2.60. The molecule has 0 atom stereocenters. The quantitative estimate of drug-likeness (QED) is 0.673. The van der Waals surface area contributed by atoms with Gasteiger partial charge in [-0.25, -0.2) is 0 Å². The summed E-state index contributed by atoms with van der Waals surface area (Å²) in [5.41, 5.74) is 0. The molecule has 0 aliphatic heterocycles. The predicted octanol–water partition coefficient (Wildman–Crippen LogP) is 2.40. The molecule has 0 saturated carbocycles. The lowest BCUT2D eigenvalue weighted by Crippen LogP contribution is -2.30. The molecule has 0 aliphatic rings. The molecule has 118 valence electrons. The molecule has 5 nitrogen and oxygen atoms in total. The van der Waals surface area contributed by atoms with E-state index >= 15 is 0 Å². The molecule has 0 spiro atoms. The summed E-state index contributed by atoms with van der Waals surface area (Å²) < 4.78 is 16.1. The highest BCUT2D eigenvalue weighted by Gasteiger charge is 2.03. The van der Waals surface area contributed by atoms with Crippen molar-refractivity contribution in [2.75, 3.05) is 26.4 Å². The third-order valence-electron chi connectivity index (χ3n) is 2.60. The lowest BCUT2D eigenvalue weighted by atomic mass is 10.3. The second-order valence-electron chi connectivity index (χ2n) is 4.82. The number of amides is 1. The van der Waals surface area contributed by atoms with Crippen LogP contribution in [-0.4, -0.2) is 38.4 Å². The van der Waals surface area contributed by atoms with Gasteiger partial charge in [0, 0.05) is 13.2 Å². The molecular formula is C16H25NO4. The molecule has 0 unspecified atom stereocenters. The number of benzene rings is 1. The van der Waals surface area contributed by atoms with Crippen molar-refractivity contribution in [2.24, 2.45) is 0 Å². The fourth-order valence-corrected chi connectivity index (χ4v) is 1.62. The highest BCUT2D eigenvalue weighted by Crippen LogP contribution is 2.17. The van der Waals surface area contributed by atoms with Crippen LogP contribution in [-0.2, 0) is 9.53 Å². The summed E-state index contributed by atoms with van der Waals surface area (Å²) in [5.74, 6) is 1.31. The second kappa shape index (κ2) is 10.0. The molecule has 5 heteroatoms. The number of hydrogen-bond acceptors (Lipinski definition) is 4. The van der Waals surface area contributed by atoms with Gasteiger partial charge in [0.25, 0.3) is 5.91 Å². The first-order valence-electron chi connectivity index (χ1n) is 7.35. The molecule has 0 saturated heterocycles. The number of rotatable bonds is 10. The average Bonchev–Trinajstić information content (AvgIpc) is 2.46. The maximum absolute atomic E-state index is 11.6. The zero-order valence-corrected chi connectivity index (χ0v) is 13.1. The minimum atomic E-state index is -0.131. The van der Waals surface area contributed by atoms with Gasteiger partial charge in [-0.05, 0) is 51.5 Å². The first kappa shape index (κ1) is 17.3. The van der Waals surface area contributed by atoms with E-state index in [9.17, 15) is 4.79 Å². The van der Waals surface area contributed by atoms with E-state index in [1.54, 1.807) is 12.1 Å². The molecule has 1 aromatic carbocycles. The summed E-state index contributed by atoms with van der Waals surface area (Å²) in [6.45, 7) is 7.80. The average molecular weight is 295 g/mol. The molecule has 0 radical (unpaired) electrons. The molecule has 1 amide bonds. The molecular weight excluding hydrogens is 270 g/mol. The van der Waals surface area contributed by atoms with Gasteiger partial charge in [0.05, 0.1) is 12.7 Å². The van der Waals surface area contributed by atoms with Gasteiger partial charge in [-0.2, -0.15) is 0 Å². The largest absolute Gasteiger partial charge is 0.494 e. The Morgan fingerprint density at radius 2 is 1.76 bits per heavy atom. The summed E-state index contributed by atoms with van der Waals surface area (Å²) in [7, 11) is 0. The van der Waals surface area contributed by atoms with Crippen LogP contribution in [0.1, 0.15) is 27.2 Å². The van der Waals surface area contributed by atoms with E-state index in [0.717, 1.165) is 12.2 Å². The van der Waals surface area contributed by atoms with Gasteiger partial charge < -0.3 is 19.5 Å². The van der Waals surface area contributed by atoms with Crippen LogP contribution in [0, 0.1) is 0 Å². The molecule has 0 aliphatic carbocycles. The third kappa shape index (κ3) is 8.19. The zero-order valence-electron chi connectivity index (χ0n) is 13.1. The number of nitrogens with one attached hydrogen (secondary N) is 1. The highest BCUT2D eigenvalue weighted by atomic mass is 16.5. The Morgan fingerprint density at radius 3 is 2.33 bits per heavy atom. The minimum Gasteiger partial charge on any atom is -0.494 e. The maximum atomic E-state index is 11.6. The molecule has 0 heterocycles. The Bertz CT molecular complexity index is 403. The first-order valence-corrected chi connectivity index (χ1v) is 7.35. The van der Waals surface area contributed by atoms with Gasteiger partial charge in [-0.3, -0.25) is 4.79 Å². The van der Waals surface area contributed by atoms with Crippen molar-refractivity contribution in [3.8, 4) is 11.5 Å². The fraction of sp³-hybridized carbons (Fsp3) is 0.562. The number of carbonyl (C=O) groups is 1. The highest BCUT2D eigenvalue weighted by molar-refractivity contribution is 5.77. The summed E-state index contributed by atoms with van der Waals surface area (Å²) in [6, 6.07) is 7.21. The SMILES string of the molecule is CCOc1ccc(OCC(=O)NCCCOC(C)C)cc1. The van der Waals surface area contributed by atoms with Gasteiger partial charge in [-0.15, -0.1) is 0 Å². The summed E-state index contributed by atoms with van der Waals surface area (Å²) in [5, 5.41) is 2.79. The van der Waals surface area contributed by atoms with Gasteiger partial charge in [0.2, 0.25) is 0 Å². The predicted molar refractivity (Wildman–Crippen MR) is 81.8 cm³/mol. The Labute approximate surface area is 126 Å². The molecule has 0 fully saturated rings. The van der Waals surface area contributed by atoms with Crippen LogP contribution in [0.5, 0.6) is 11.5 Å². The van der Waals surface area contributed by atoms with E-state index in [4.69, 9.17) is 14.2 Å². The first-order chi connectivity index (χ1) is 10.1. The number of hydrogen-bond donors (Lipinski definition) is 1. The summed E-state index contributed by atoms with van der Waals surface area (Å²) in [4.78, 5) is 11.6. The van der Waals surface area contributed by atoms with Gasteiger partial charge in [0.15, 0.2) is 6.61 Å². The van der Waals surface area contributed by atoms with E-state index in [0.29, 0.717) is 25.5 Å². The van der Waals surface area contributed by atoms with Crippen molar-refractivity contribution < 1.29 is 19.0 Å². The van der Waals surface area contributed by atoms with Crippen molar-refractivity contribution in [3.63, 3.8) is 0 Å². The number of ether oxygens (including phenoxy) is 3. The van der Waals surface area contributed by atoms with Crippen LogP contribution >= 0.6 is 0 Å². The lowest BCUT2D eigenvalue weighted by Gasteiger charge is -2.09. The Kier molecular flexibility index (Phi) is 8.28. The molecule has 1 N–H and O–H groups in total. The lowest BCUT2D eigenvalue weighted by molar-refractivity contribution is -0.123. The van der Waals surface area contributed by atoms with Crippen molar-refractivity contribution in [3.05, 3.63) is 24.3 Å². The van der Waals surface area contributed by atoms with Crippen LogP contribution in [0.25, 0.3) is 0 Å². The smallest absolute Gasteiger partial charge is 0.257 e. The van der Waals surface area contributed by atoms with Crippen LogP contribution in [0.4, 0.5) is 0 Å². The topological polar surface area (TPSA) is 56.8 Å². The van der Waals surface area contributed by atoms with Crippen LogP contribution < -0.4 is 14.8 Å². The van der Waals surface area contributed by atoms with Crippen LogP contribution in [0.3, 0.4) is 0 Å². The summed E-state index contributed by atoms with van der Waals surface area (Å²) >= 11 is 0. The second-order valence-corrected chi connectivity index (χ2v) is 4.82.